The maximum absolute atomic E-state index is 12.2. The molecule has 9 heteroatoms. The number of rotatable bonds is 10. The summed E-state index contributed by atoms with van der Waals surface area (Å²) in [5.41, 5.74) is 1.87. The van der Waals surface area contributed by atoms with Crippen LogP contribution in [0.5, 0.6) is 0 Å². The highest BCUT2D eigenvalue weighted by atomic mass is 32.2. The molecule has 0 saturated carbocycles. The van der Waals surface area contributed by atoms with Gasteiger partial charge in [0.15, 0.2) is 0 Å². The second-order valence-electron chi connectivity index (χ2n) is 6.29. The second-order valence-corrected chi connectivity index (χ2v) is 9.52. The summed E-state index contributed by atoms with van der Waals surface area (Å²) in [6.45, 7) is 3.29. The van der Waals surface area contributed by atoms with E-state index < -0.39 is 26.3 Å². The van der Waals surface area contributed by atoms with Gasteiger partial charge in [-0.25, -0.2) is 0 Å². The van der Waals surface area contributed by atoms with Gasteiger partial charge < -0.3 is 4.74 Å². The Balaban J connectivity index is 1.88. The number of benzene rings is 2. The molecule has 0 bridgehead atoms. The smallest absolute Gasteiger partial charge is 0.297 e. The lowest BCUT2D eigenvalue weighted by atomic mass is 10.2. The first-order valence-electron chi connectivity index (χ1n) is 8.59. The molecule has 0 saturated heterocycles. The van der Waals surface area contributed by atoms with E-state index >= 15 is 0 Å². The van der Waals surface area contributed by atoms with Crippen LogP contribution in [0, 0.1) is 13.8 Å². The van der Waals surface area contributed by atoms with Gasteiger partial charge in [-0.2, -0.15) is 16.8 Å². The SMILES string of the molecule is CO[C@H](CCOS(=O)(=O)c1ccc(C)cc1)COS(=O)(=O)c1ccc(C)cc1. The molecule has 0 N–H and O–H groups in total. The molecule has 0 aliphatic rings. The van der Waals surface area contributed by atoms with Crippen LogP contribution in [0.3, 0.4) is 0 Å². The molecule has 0 radical (unpaired) electrons. The molecule has 0 aromatic heterocycles. The van der Waals surface area contributed by atoms with Crippen molar-refractivity contribution >= 4 is 20.2 Å². The molecular formula is C19H24O7S2. The molecule has 7 nitrogen and oxygen atoms in total. The van der Waals surface area contributed by atoms with Crippen LogP contribution in [-0.4, -0.2) is 43.3 Å². The molecule has 0 unspecified atom stereocenters. The Kier molecular flexibility index (Phi) is 7.73. The van der Waals surface area contributed by atoms with Crippen LogP contribution in [0.15, 0.2) is 58.3 Å². The third kappa shape index (κ3) is 6.39. The zero-order chi connectivity index (χ0) is 20.8. The predicted molar refractivity (Wildman–Crippen MR) is 104 cm³/mol. The number of hydrogen-bond acceptors (Lipinski definition) is 7. The van der Waals surface area contributed by atoms with Crippen LogP contribution in [0.1, 0.15) is 17.5 Å². The van der Waals surface area contributed by atoms with E-state index in [4.69, 9.17) is 13.1 Å². The number of methoxy groups -OCH3 is 1. The van der Waals surface area contributed by atoms with E-state index in [2.05, 4.69) is 0 Å². The molecule has 28 heavy (non-hydrogen) atoms. The predicted octanol–water partition coefficient (Wildman–Crippen LogP) is 2.82. The fourth-order valence-electron chi connectivity index (χ4n) is 2.27. The Morgan fingerprint density at radius 1 is 0.750 bits per heavy atom. The maximum Gasteiger partial charge on any atom is 0.297 e. The molecule has 2 aromatic rings. The van der Waals surface area contributed by atoms with Gasteiger partial charge in [-0.3, -0.25) is 8.37 Å². The molecule has 0 aliphatic carbocycles. The molecule has 1 atom stereocenters. The van der Waals surface area contributed by atoms with Gasteiger partial charge in [0.1, 0.15) is 0 Å². The topological polar surface area (TPSA) is 96.0 Å². The first-order valence-corrected chi connectivity index (χ1v) is 11.4. The summed E-state index contributed by atoms with van der Waals surface area (Å²) < 4.78 is 63.9. The van der Waals surface area contributed by atoms with Gasteiger partial charge in [-0.1, -0.05) is 35.4 Å². The first-order chi connectivity index (χ1) is 13.1. The Hall–Kier alpha value is -1.78. The normalized spacial score (nSPS) is 13.4. The monoisotopic (exact) mass is 428 g/mol. The van der Waals surface area contributed by atoms with E-state index in [1.807, 2.05) is 13.8 Å². The van der Waals surface area contributed by atoms with Crippen molar-refractivity contribution in [2.45, 2.75) is 36.2 Å². The van der Waals surface area contributed by atoms with Gasteiger partial charge in [0.25, 0.3) is 20.2 Å². The lowest BCUT2D eigenvalue weighted by Crippen LogP contribution is -2.23. The van der Waals surface area contributed by atoms with Crippen molar-refractivity contribution in [3.05, 3.63) is 59.7 Å². The zero-order valence-corrected chi connectivity index (χ0v) is 17.6. The van der Waals surface area contributed by atoms with Gasteiger partial charge in [0.2, 0.25) is 0 Å². The highest BCUT2D eigenvalue weighted by Gasteiger charge is 2.20. The summed E-state index contributed by atoms with van der Waals surface area (Å²) in [5, 5.41) is 0. The highest BCUT2D eigenvalue weighted by Crippen LogP contribution is 2.16. The average molecular weight is 429 g/mol. The summed E-state index contributed by atoms with van der Waals surface area (Å²) in [5.74, 6) is 0. The minimum atomic E-state index is -3.92. The Morgan fingerprint density at radius 3 is 1.61 bits per heavy atom. The molecule has 0 heterocycles. The van der Waals surface area contributed by atoms with Crippen molar-refractivity contribution in [3.8, 4) is 0 Å². The Morgan fingerprint density at radius 2 is 1.18 bits per heavy atom. The quantitative estimate of drug-likeness (QED) is 0.537. The van der Waals surface area contributed by atoms with Gasteiger partial charge in [0.05, 0.1) is 29.1 Å². The van der Waals surface area contributed by atoms with Crippen LogP contribution in [0.4, 0.5) is 0 Å². The molecule has 2 aromatic carbocycles. The van der Waals surface area contributed by atoms with E-state index in [9.17, 15) is 16.8 Å². The van der Waals surface area contributed by atoms with Gasteiger partial charge in [-0.15, -0.1) is 0 Å². The van der Waals surface area contributed by atoms with Gasteiger partial charge >= 0.3 is 0 Å². The average Bonchev–Trinajstić information content (AvgIpc) is 2.65. The van der Waals surface area contributed by atoms with Crippen molar-refractivity contribution < 1.29 is 29.9 Å². The summed E-state index contributed by atoms with van der Waals surface area (Å²) in [6.07, 6.45) is -0.501. The molecule has 0 spiro atoms. The minimum absolute atomic E-state index is 0.0474. The summed E-state index contributed by atoms with van der Waals surface area (Å²) >= 11 is 0. The zero-order valence-electron chi connectivity index (χ0n) is 16.0. The number of hydrogen-bond donors (Lipinski definition) is 0. The molecule has 154 valence electrons. The molecular weight excluding hydrogens is 404 g/mol. The standard InChI is InChI=1S/C19H24O7S2/c1-15-4-8-18(9-5-15)27(20,21)25-13-12-17(24-3)14-26-28(22,23)19-10-6-16(2)7-11-19/h4-11,17H,12-14H2,1-3H3/t17-/m1/s1. The third-order valence-corrected chi connectivity index (χ3v) is 6.66. The Labute approximate surface area is 166 Å². The van der Waals surface area contributed by atoms with Crippen LogP contribution in [0.2, 0.25) is 0 Å². The summed E-state index contributed by atoms with van der Waals surface area (Å²) in [6, 6.07) is 12.6. The molecule has 0 amide bonds. The van der Waals surface area contributed by atoms with E-state index in [-0.39, 0.29) is 29.4 Å². The third-order valence-electron chi connectivity index (χ3n) is 4.04. The van der Waals surface area contributed by atoms with Crippen LogP contribution in [-0.2, 0) is 33.3 Å². The van der Waals surface area contributed by atoms with Crippen molar-refractivity contribution in [3.63, 3.8) is 0 Å². The van der Waals surface area contributed by atoms with Crippen molar-refractivity contribution in [1.82, 2.24) is 0 Å². The fraction of sp³-hybridized carbons (Fsp3) is 0.368. The number of ether oxygens (including phenoxy) is 1. The summed E-state index contributed by atoms with van der Waals surface area (Å²) in [7, 11) is -6.42. The Bertz CT molecular complexity index is 964. The van der Waals surface area contributed by atoms with E-state index in [1.54, 1.807) is 24.3 Å². The van der Waals surface area contributed by atoms with Gasteiger partial charge in [-0.05, 0) is 38.1 Å². The second kappa shape index (κ2) is 9.62. The maximum atomic E-state index is 12.2. The van der Waals surface area contributed by atoms with Crippen molar-refractivity contribution in [1.29, 1.82) is 0 Å². The molecule has 2 rings (SSSR count). The van der Waals surface area contributed by atoms with Crippen molar-refractivity contribution in [2.24, 2.45) is 0 Å². The first kappa shape index (κ1) is 22.5. The lowest BCUT2D eigenvalue weighted by Gasteiger charge is -2.15. The van der Waals surface area contributed by atoms with Crippen LogP contribution >= 0.6 is 0 Å². The van der Waals surface area contributed by atoms with E-state index in [1.165, 1.54) is 31.4 Å². The highest BCUT2D eigenvalue weighted by molar-refractivity contribution is 7.87. The van der Waals surface area contributed by atoms with E-state index in [0.29, 0.717) is 0 Å². The van der Waals surface area contributed by atoms with E-state index in [0.717, 1.165) is 11.1 Å². The largest absolute Gasteiger partial charge is 0.379 e. The minimum Gasteiger partial charge on any atom is -0.379 e. The fourth-order valence-corrected chi connectivity index (χ4v) is 4.13. The van der Waals surface area contributed by atoms with Gasteiger partial charge in [0, 0.05) is 13.5 Å². The molecule has 0 fully saturated rings. The number of aryl methyl sites for hydroxylation is 2. The van der Waals surface area contributed by atoms with Crippen LogP contribution < -0.4 is 0 Å². The lowest BCUT2D eigenvalue weighted by molar-refractivity contribution is 0.0447. The van der Waals surface area contributed by atoms with Crippen molar-refractivity contribution in [2.75, 3.05) is 20.3 Å². The van der Waals surface area contributed by atoms with Crippen LogP contribution in [0.25, 0.3) is 0 Å². The summed E-state index contributed by atoms with van der Waals surface area (Å²) in [4.78, 5) is 0.108. The molecule has 0 aliphatic heterocycles.